The van der Waals surface area contributed by atoms with Crippen molar-refractivity contribution in [3.63, 3.8) is 0 Å². The van der Waals surface area contributed by atoms with Gasteiger partial charge in [-0.2, -0.15) is 5.10 Å². The van der Waals surface area contributed by atoms with Crippen molar-refractivity contribution >= 4 is 22.6 Å². The maximum Gasteiger partial charge on any atom is 0.435 e. The molecule has 0 amide bonds. The monoisotopic (exact) mass is 683 g/mol. The predicted octanol–water partition coefficient (Wildman–Crippen LogP) is 6.24. The Hall–Kier alpha value is -5.87. The Morgan fingerprint density at radius 3 is 2.10 bits per heavy atom. The van der Waals surface area contributed by atoms with Gasteiger partial charge < -0.3 is 33.5 Å². The first-order valence-electron chi connectivity index (χ1n) is 15.9. The van der Waals surface area contributed by atoms with E-state index in [1.54, 1.807) is 50.0 Å². The van der Waals surface area contributed by atoms with Crippen molar-refractivity contribution in [2.75, 3.05) is 42.5 Å². The van der Waals surface area contributed by atoms with Crippen LogP contribution in [0.2, 0.25) is 0 Å². The fraction of sp³-hybridized carbons (Fsp3) is 0.324. The van der Waals surface area contributed by atoms with Crippen LogP contribution in [0.3, 0.4) is 0 Å². The molecule has 0 fully saturated rings. The van der Waals surface area contributed by atoms with Crippen LogP contribution < -0.4 is 18.9 Å². The van der Waals surface area contributed by atoms with Gasteiger partial charge in [-0.25, -0.2) is 9.25 Å². The number of quaternary nitrogens is 1. The first-order valence-corrected chi connectivity index (χ1v) is 15.9. The van der Waals surface area contributed by atoms with Gasteiger partial charge in [0.15, 0.2) is 29.6 Å². The highest BCUT2D eigenvalue weighted by Gasteiger charge is 2.33. The summed E-state index contributed by atoms with van der Waals surface area (Å²) in [5.74, 6) is 7.05. The van der Waals surface area contributed by atoms with Crippen LogP contribution in [-0.4, -0.2) is 77.1 Å². The number of hydrogen-bond acceptors (Lipinski definition) is 9. The van der Waals surface area contributed by atoms with Crippen molar-refractivity contribution in [1.29, 1.82) is 0 Å². The zero-order chi connectivity index (χ0) is 36.7. The number of ether oxygens (including phenoxy) is 4. The van der Waals surface area contributed by atoms with E-state index in [0.29, 0.717) is 63.0 Å². The van der Waals surface area contributed by atoms with Crippen molar-refractivity contribution in [2.45, 2.75) is 34.0 Å². The number of nitrogens with zero attached hydrogens (tertiary/aromatic N) is 6. The summed E-state index contributed by atoms with van der Waals surface area (Å²) in [7, 11) is 11.6. The molecular formula is C37H43N6O7+. The highest BCUT2D eigenvalue weighted by atomic mass is 16.6. The lowest BCUT2D eigenvalue weighted by Gasteiger charge is -2.29. The summed E-state index contributed by atoms with van der Waals surface area (Å²) in [5.41, 5.74) is 3.65. The van der Waals surface area contributed by atoms with Gasteiger partial charge in [-0.05, 0) is 36.1 Å². The third-order valence-electron chi connectivity index (χ3n) is 7.98. The quantitative estimate of drug-likeness (QED) is 0.0493. The van der Waals surface area contributed by atoms with Crippen LogP contribution in [0, 0.1) is 22.0 Å². The number of hydrogen-bond donors (Lipinski definition) is 0. The molecule has 2 aromatic heterocycles. The maximum absolute atomic E-state index is 14.2. The molecule has 2 heterocycles. The Labute approximate surface area is 291 Å². The van der Waals surface area contributed by atoms with E-state index in [1.807, 2.05) is 58.3 Å². The summed E-state index contributed by atoms with van der Waals surface area (Å²) < 4.78 is 25.7. The third kappa shape index (κ3) is 7.11. The summed E-state index contributed by atoms with van der Waals surface area (Å²) in [6.45, 7) is 6.33. The lowest BCUT2D eigenvalue weighted by Crippen LogP contribution is -2.41. The van der Waals surface area contributed by atoms with Gasteiger partial charge in [0.2, 0.25) is 11.5 Å². The first kappa shape index (κ1) is 37.0. The molecule has 5 aromatic rings. The van der Waals surface area contributed by atoms with E-state index in [2.05, 4.69) is 16.8 Å². The van der Waals surface area contributed by atoms with Gasteiger partial charge in [-0.15, -0.1) is 5.92 Å². The van der Waals surface area contributed by atoms with Crippen LogP contribution in [-0.2, 0) is 20.3 Å². The van der Waals surface area contributed by atoms with Crippen LogP contribution in [0.5, 0.6) is 23.0 Å². The Bertz CT molecular complexity index is 2060. The lowest BCUT2D eigenvalue weighted by atomic mass is 10.0. The minimum Gasteiger partial charge on any atom is -0.495 e. The van der Waals surface area contributed by atoms with Gasteiger partial charge in [0.1, 0.15) is 18.0 Å². The van der Waals surface area contributed by atoms with E-state index in [4.69, 9.17) is 24.0 Å². The third-order valence-corrected chi connectivity index (χ3v) is 7.98. The predicted molar refractivity (Wildman–Crippen MR) is 191 cm³/mol. The number of benzene rings is 3. The standard InChI is InChI=1S/C35H37N6O7.C2H6/c1-9-13-24-27(45-5)17-16-25-31(33(42)23-18-28(46-6)34(48-8)29(19-23)47-7)37-39(32(24)25)21-41(3,4)20-26-30(22-14-11-10-12-15-22)36-35(38(26)2)40(43)44;1-2/h10-12,14-19H,20-21H2,1-8H3;1-2H3/q+1;. The normalized spacial score (nSPS) is 10.8. The molecule has 0 saturated carbocycles. The molecule has 0 N–H and O–H groups in total. The molecule has 0 aliphatic heterocycles. The molecule has 0 bridgehead atoms. The average Bonchev–Trinajstić information content (AvgIpc) is 3.65. The van der Waals surface area contributed by atoms with Gasteiger partial charge in [0.05, 0.1) is 60.7 Å². The summed E-state index contributed by atoms with van der Waals surface area (Å²) in [6.07, 6.45) is 0. The molecule has 0 radical (unpaired) electrons. The van der Waals surface area contributed by atoms with Gasteiger partial charge in [-0.1, -0.05) is 55.1 Å². The molecular weight excluding hydrogens is 640 g/mol. The van der Waals surface area contributed by atoms with Crippen LogP contribution in [0.15, 0.2) is 54.6 Å². The number of fused-ring (bicyclic) bond motifs is 1. The van der Waals surface area contributed by atoms with Gasteiger partial charge in [0, 0.05) is 16.5 Å². The molecule has 5 rings (SSSR count). The van der Waals surface area contributed by atoms with E-state index in [-0.39, 0.29) is 28.6 Å². The second kappa shape index (κ2) is 15.6. The fourth-order valence-corrected chi connectivity index (χ4v) is 5.80. The summed E-state index contributed by atoms with van der Waals surface area (Å²) >= 11 is 0. The van der Waals surface area contributed by atoms with Crippen LogP contribution >= 0.6 is 0 Å². The summed E-state index contributed by atoms with van der Waals surface area (Å²) in [6, 6.07) is 16.1. The number of imidazole rings is 1. The largest absolute Gasteiger partial charge is 0.495 e. The molecule has 0 aliphatic carbocycles. The van der Waals surface area contributed by atoms with E-state index >= 15 is 0 Å². The molecule has 0 unspecified atom stereocenters. The van der Waals surface area contributed by atoms with Gasteiger partial charge >= 0.3 is 5.95 Å². The van der Waals surface area contributed by atoms with Crippen LogP contribution in [0.1, 0.15) is 48.1 Å². The molecule has 3 aromatic carbocycles. The number of carbonyl (C=O) groups is 1. The lowest BCUT2D eigenvalue weighted by molar-refractivity contribution is -0.926. The Morgan fingerprint density at radius 2 is 1.56 bits per heavy atom. The van der Waals surface area contributed by atoms with Crippen molar-refractivity contribution in [2.24, 2.45) is 7.05 Å². The molecule has 0 spiro atoms. The number of rotatable bonds is 12. The van der Waals surface area contributed by atoms with Crippen molar-refractivity contribution in [3.05, 3.63) is 87.2 Å². The second-order valence-corrected chi connectivity index (χ2v) is 11.6. The molecule has 262 valence electrons. The minimum absolute atomic E-state index is 0.197. The SMILES string of the molecule is CC.CC#Cc1c(OC)ccc2c(C(=O)c3cc(OC)c(OC)c(OC)c3)nn(C[N+](C)(C)Cc3c(-c4ccccc4)nc([N+](=O)[O-])n3C)c12. The van der Waals surface area contributed by atoms with E-state index in [9.17, 15) is 14.9 Å². The Balaban J connectivity index is 0.00000276. The molecule has 0 aliphatic rings. The smallest absolute Gasteiger partial charge is 0.435 e. The average molecular weight is 684 g/mol. The number of carbonyl (C=O) groups excluding carboxylic acids is 1. The van der Waals surface area contributed by atoms with Crippen molar-refractivity contribution in [1.82, 2.24) is 19.3 Å². The number of methoxy groups -OCH3 is 4. The van der Waals surface area contributed by atoms with Crippen LogP contribution in [0.4, 0.5) is 5.95 Å². The Kier molecular flexibility index (Phi) is 11.5. The van der Waals surface area contributed by atoms with Crippen molar-refractivity contribution in [3.8, 4) is 46.1 Å². The van der Waals surface area contributed by atoms with E-state index < -0.39 is 4.92 Å². The topological polar surface area (TPSA) is 133 Å². The number of aromatic nitrogens is 4. The van der Waals surface area contributed by atoms with E-state index in [1.165, 1.54) is 25.9 Å². The highest BCUT2D eigenvalue weighted by molar-refractivity contribution is 6.16. The molecule has 0 saturated heterocycles. The molecule has 13 nitrogen and oxygen atoms in total. The van der Waals surface area contributed by atoms with E-state index in [0.717, 1.165) is 5.56 Å². The summed E-state index contributed by atoms with van der Waals surface area (Å²) in [4.78, 5) is 30.1. The Morgan fingerprint density at radius 1 is 0.940 bits per heavy atom. The van der Waals surface area contributed by atoms with Gasteiger partial charge in [0.25, 0.3) is 0 Å². The zero-order valence-electron chi connectivity index (χ0n) is 30.2. The summed E-state index contributed by atoms with van der Waals surface area (Å²) in [5, 5.41) is 17.4. The fourth-order valence-electron chi connectivity index (χ4n) is 5.80. The molecule has 13 heteroatoms. The molecule has 0 atom stereocenters. The minimum atomic E-state index is -0.486. The zero-order valence-corrected chi connectivity index (χ0v) is 30.2. The second-order valence-electron chi connectivity index (χ2n) is 11.6. The highest BCUT2D eigenvalue weighted by Crippen LogP contribution is 2.40. The first-order chi connectivity index (χ1) is 24.0. The molecule has 50 heavy (non-hydrogen) atoms. The number of nitro groups is 1. The van der Waals surface area contributed by atoms with Gasteiger partial charge in [-0.3, -0.25) is 4.79 Å². The van der Waals surface area contributed by atoms with Crippen molar-refractivity contribution < 1.29 is 33.1 Å². The maximum atomic E-state index is 14.2. The number of ketones is 1. The van der Waals surface area contributed by atoms with Crippen LogP contribution in [0.25, 0.3) is 22.2 Å².